The van der Waals surface area contributed by atoms with E-state index in [1.54, 1.807) is 6.20 Å². The molecular formula is C18H21CoN6O2-. The molecule has 1 aliphatic carbocycles. The summed E-state index contributed by atoms with van der Waals surface area (Å²) in [7, 11) is 0. The van der Waals surface area contributed by atoms with Crippen LogP contribution in [-0.2, 0) is 32.7 Å². The zero-order valence-electron chi connectivity index (χ0n) is 14.8. The van der Waals surface area contributed by atoms with Crippen LogP contribution < -0.4 is 11.5 Å². The van der Waals surface area contributed by atoms with Crippen LogP contribution in [0.2, 0.25) is 0 Å². The van der Waals surface area contributed by atoms with Crippen molar-refractivity contribution in [3.8, 4) is 0 Å². The first-order valence-electron chi connectivity index (χ1n) is 8.74. The van der Waals surface area contributed by atoms with Gasteiger partial charge in [0.25, 0.3) is 0 Å². The smallest absolute Gasteiger partial charge is 0.318 e. The second-order valence-corrected chi connectivity index (χ2v) is 7.08. The van der Waals surface area contributed by atoms with Gasteiger partial charge >= 0.3 is 5.97 Å². The Morgan fingerprint density at radius 3 is 2.67 bits per heavy atom. The predicted molar refractivity (Wildman–Crippen MR) is 96.2 cm³/mol. The van der Waals surface area contributed by atoms with Gasteiger partial charge in [0.15, 0.2) is 17.0 Å². The third-order valence-electron chi connectivity index (χ3n) is 5.37. The molecule has 8 nitrogen and oxygen atoms in total. The van der Waals surface area contributed by atoms with Crippen molar-refractivity contribution >= 4 is 28.9 Å². The molecule has 145 valence electrons. The van der Waals surface area contributed by atoms with Crippen LogP contribution in [0.1, 0.15) is 37.8 Å². The summed E-state index contributed by atoms with van der Waals surface area (Å²) in [6.45, 7) is 3.87. The van der Waals surface area contributed by atoms with Gasteiger partial charge in [0.2, 0.25) is 5.95 Å². The molecule has 4 rings (SSSR count). The molecule has 2 fully saturated rings. The number of esters is 1. The van der Waals surface area contributed by atoms with Gasteiger partial charge in [0.05, 0.1) is 17.3 Å². The van der Waals surface area contributed by atoms with Gasteiger partial charge in [-0.15, -0.1) is 0 Å². The summed E-state index contributed by atoms with van der Waals surface area (Å²) in [5.41, 5.74) is 12.3. The van der Waals surface area contributed by atoms with E-state index in [0.29, 0.717) is 35.5 Å². The molecule has 3 heterocycles. The fourth-order valence-electron chi connectivity index (χ4n) is 4.15. The number of cyclic esters (lactones) is 1. The van der Waals surface area contributed by atoms with Gasteiger partial charge in [-0.25, -0.2) is 9.97 Å². The number of fused-ring (bicyclic) bond motifs is 1. The van der Waals surface area contributed by atoms with Gasteiger partial charge in [0.1, 0.15) is 5.76 Å². The van der Waals surface area contributed by atoms with E-state index >= 15 is 0 Å². The second-order valence-electron chi connectivity index (χ2n) is 7.08. The van der Waals surface area contributed by atoms with Crippen LogP contribution in [0, 0.1) is 17.8 Å². The second kappa shape index (κ2) is 7.39. The number of carbonyl (C=O) groups is 1. The molecule has 1 saturated carbocycles. The summed E-state index contributed by atoms with van der Waals surface area (Å²) in [4.78, 5) is 29.6. The molecule has 1 aliphatic heterocycles. The Labute approximate surface area is 167 Å². The molecule has 1 saturated heterocycles. The molecule has 0 aromatic carbocycles. The van der Waals surface area contributed by atoms with Crippen LogP contribution >= 0.6 is 0 Å². The minimum Gasteiger partial charge on any atom is -0.431 e. The zero-order chi connectivity index (χ0) is 18.3. The normalized spacial score (nSPS) is 23.3. The predicted octanol–water partition coefficient (Wildman–Crippen LogP) is 1.97. The Morgan fingerprint density at radius 1 is 1.26 bits per heavy atom. The maximum absolute atomic E-state index is 12.8. The largest absolute Gasteiger partial charge is 0.431 e. The van der Waals surface area contributed by atoms with E-state index in [0.717, 1.165) is 25.7 Å². The number of allylic oxidation sites excluding steroid dienone is 1. The number of hydrogen-bond donors (Lipinski definition) is 2. The quantitative estimate of drug-likeness (QED) is 0.578. The van der Waals surface area contributed by atoms with Crippen molar-refractivity contribution in [2.45, 2.75) is 38.5 Å². The number of rotatable bonds is 3. The zero-order valence-corrected chi connectivity index (χ0v) is 15.8. The molecule has 9 heteroatoms. The molecule has 1 unspecified atom stereocenters. The number of ether oxygens (including phenoxy) is 1. The third-order valence-corrected chi connectivity index (χ3v) is 5.37. The minimum absolute atomic E-state index is 0. The summed E-state index contributed by atoms with van der Waals surface area (Å²) >= 11 is 0. The number of nitrogens with two attached hydrogens (primary N) is 2. The first-order chi connectivity index (χ1) is 12.5. The van der Waals surface area contributed by atoms with Crippen molar-refractivity contribution in [3.05, 3.63) is 30.6 Å². The van der Waals surface area contributed by atoms with Gasteiger partial charge in [-0.2, -0.15) is 22.8 Å². The first-order valence-corrected chi connectivity index (χ1v) is 8.74. The number of carbonyl (C=O) groups excluding carboxylic acids is 1. The maximum atomic E-state index is 12.8. The fraction of sp³-hybridized carbons (Fsp3) is 0.444. The van der Waals surface area contributed by atoms with Crippen molar-refractivity contribution in [1.29, 1.82) is 0 Å². The van der Waals surface area contributed by atoms with Crippen LogP contribution in [0.25, 0.3) is 11.2 Å². The van der Waals surface area contributed by atoms with Crippen molar-refractivity contribution in [2.24, 2.45) is 11.3 Å². The van der Waals surface area contributed by atoms with Crippen LogP contribution in [0.15, 0.2) is 18.5 Å². The molecule has 1 radical (unpaired) electrons. The van der Waals surface area contributed by atoms with E-state index < -0.39 is 5.41 Å². The molecule has 0 spiro atoms. The van der Waals surface area contributed by atoms with E-state index in [-0.39, 0.29) is 40.4 Å². The number of hydrogen-bond acceptors (Lipinski definition) is 8. The maximum Gasteiger partial charge on any atom is 0.318 e. The molecule has 1 atom stereocenters. The van der Waals surface area contributed by atoms with E-state index in [9.17, 15) is 4.79 Å². The Bertz CT molecular complexity index is 899. The van der Waals surface area contributed by atoms with Crippen LogP contribution in [0.3, 0.4) is 0 Å². The summed E-state index contributed by atoms with van der Waals surface area (Å²) < 4.78 is 5.37. The molecule has 2 aliphatic rings. The Balaban J connectivity index is 0.00000210. The molecule has 2 aromatic rings. The number of aromatic nitrogens is 4. The van der Waals surface area contributed by atoms with Crippen molar-refractivity contribution in [2.75, 3.05) is 11.5 Å². The monoisotopic (exact) mass is 412 g/mol. The van der Waals surface area contributed by atoms with Crippen molar-refractivity contribution < 1.29 is 26.3 Å². The number of nitrogens with zero attached hydrogens (tertiary/aromatic N) is 4. The standard InChI is InChI=1S/C18H21N6O2.Co/c1-10-7-18(16(25)26-10,11-5-3-2-4-6-11)8-12-9-21-15-13(22-12)14(19)23-17(20)24-15;/h2,9,11H,1,3-8H2,(H4,19,20,21,23,24);/q-1;. The van der Waals surface area contributed by atoms with Gasteiger partial charge < -0.3 is 22.6 Å². The number of anilines is 2. The van der Waals surface area contributed by atoms with E-state index in [2.05, 4.69) is 32.9 Å². The van der Waals surface area contributed by atoms with Crippen LogP contribution in [0.5, 0.6) is 0 Å². The molecule has 2 aromatic heterocycles. The van der Waals surface area contributed by atoms with Crippen molar-refractivity contribution in [1.82, 2.24) is 19.9 Å². The molecule has 0 amide bonds. The van der Waals surface area contributed by atoms with Crippen molar-refractivity contribution in [3.63, 3.8) is 0 Å². The van der Waals surface area contributed by atoms with Gasteiger partial charge in [-0.3, -0.25) is 4.79 Å². The van der Waals surface area contributed by atoms with E-state index in [1.807, 2.05) is 0 Å². The Morgan fingerprint density at radius 2 is 2.00 bits per heavy atom. The van der Waals surface area contributed by atoms with E-state index in [4.69, 9.17) is 16.2 Å². The summed E-state index contributed by atoms with van der Waals surface area (Å²) in [6.07, 6.45) is 8.80. The van der Waals surface area contributed by atoms with Gasteiger partial charge in [0, 0.05) is 29.6 Å². The van der Waals surface area contributed by atoms with Gasteiger partial charge in [-0.1, -0.05) is 19.4 Å². The van der Waals surface area contributed by atoms with Gasteiger partial charge in [-0.05, 0) is 5.92 Å². The molecule has 27 heavy (non-hydrogen) atoms. The summed E-state index contributed by atoms with van der Waals surface area (Å²) in [5.74, 6) is 0.785. The van der Waals surface area contributed by atoms with Crippen LogP contribution in [0.4, 0.5) is 11.8 Å². The topological polar surface area (TPSA) is 130 Å². The van der Waals surface area contributed by atoms with E-state index in [1.165, 1.54) is 0 Å². The fourth-order valence-corrected chi connectivity index (χ4v) is 4.15. The molecular weight excluding hydrogens is 391 g/mol. The Hall–Kier alpha value is -2.26. The minimum atomic E-state index is -0.642. The molecule has 4 N–H and O–H groups in total. The first kappa shape index (κ1) is 19.5. The SMILES string of the molecule is C=C1CC(Cc2cnc3nc(N)nc(N)c3n2)(C2CC[CH-]CC2)C(=O)O1.[Co]. The summed E-state index contributed by atoms with van der Waals surface area (Å²) in [6, 6.07) is 0. The summed E-state index contributed by atoms with van der Waals surface area (Å²) in [5, 5.41) is 0. The van der Waals surface area contributed by atoms with Crippen LogP contribution in [-0.4, -0.2) is 25.9 Å². The molecule has 0 bridgehead atoms. The third kappa shape index (κ3) is 3.48. The number of nitrogen functional groups attached to an aromatic ring is 2. The Kier molecular flexibility index (Phi) is 5.34. The average Bonchev–Trinajstić information content (AvgIpc) is 2.90. The average molecular weight is 412 g/mol.